The van der Waals surface area contributed by atoms with E-state index in [9.17, 15) is 14.7 Å². The van der Waals surface area contributed by atoms with Crippen LogP contribution in [0.1, 0.15) is 22.3 Å². The van der Waals surface area contributed by atoms with Crippen molar-refractivity contribution < 1.29 is 24.2 Å². The molecular formula is C22H23BrN2O5. The zero-order valence-corrected chi connectivity index (χ0v) is 18.2. The first-order valence-corrected chi connectivity index (χ1v) is 10.5. The number of carbonyl (C=O) groups is 2. The molecule has 7 nitrogen and oxygen atoms in total. The minimum Gasteiger partial charge on any atom is -0.497 e. The Morgan fingerprint density at radius 3 is 2.57 bits per heavy atom. The van der Waals surface area contributed by atoms with Crippen molar-refractivity contribution in [3.63, 3.8) is 0 Å². The second-order valence-electron chi connectivity index (χ2n) is 7.46. The van der Waals surface area contributed by atoms with Crippen molar-refractivity contribution in [1.29, 1.82) is 0 Å². The van der Waals surface area contributed by atoms with Crippen LogP contribution in [0.15, 0.2) is 46.9 Å². The third-order valence-electron chi connectivity index (χ3n) is 5.57. The molecule has 2 aromatic rings. The van der Waals surface area contributed by atoms with Crippen LogP contribution in [0.5, 0.6) is 5.75 Å². The minimum atomic E-state index is -1.91. The molecule has 30 heavy (non-hydrogen) atoms. The van der Waals surface area contributed by atoms with Gasteiger partial charge < -0.3 is 14.6 Å². The van der Waals surface area contributed by atoms with Crippen LogP contribution in [0.3, 0.4) is 0 Å². The van der Waals surface area contributed by atoms with E-state index >= 15 is 0 Å². The lowest BCUT2D eigenvalue weighted by Crippen LogP contribution is -2.49. The lowest BCUT2D eigenvalue weighted by Gasteiger charge is -2.31. The van der Waals surface area contributed by atoms with Crippen molar-refractivity contribution in [2.75, 3.05) is 45.0 Å². The van der Waals surface area contributed by atoms with Gasteiger partial charge in [-0.15, -0.1) is 0 Å². The summed E-state index contributed by atoms with van der Waals surface area (Å²) in [6.07, 6.45) is -0.332. The number of ketones is 1. The molecular weight excluding hydrogens is 452 g/mol. The first-order valence-electron chi connectivity index (χ1n) is 9.74. The molecule has 0 aliphatic carbocycles. The van der Waals surface area contributed by atoms with Crippen LogP contribution in [0.2, 0.25) is 0 Å². The van der Waals surface area contributed by atoms with E-state index in [1.807, 2.05) is 6.07 Å². The van der Waals surface area contributed by atoms with Crippen LogP contribution < -0.4 is 9.64 Å². The number of methoxy groups -OCH3 is 1. The number of hydrogen-bond acceptors (Lipinski definition) is 6. The van der Waals surface area contributed by atoms with Crippen LogP contribution in [0, 0.1) is 0 Å². The molecule has 0 aromatic heterocycles. The standard InChI is InChI=1S/C22H23BrN2O5/c1-29-17-5-2-15(3-6-17)20(26)13-22(28)18-12-16(23)4-7-19(18)25(21(22)27)14-24-8-10-30-11-9-24/h2-7,12,28H,8-11,13-14H2,1H3/t22-/m1/s1. The number of rotatable bonds is 6. The van der Waals surface area contributed by atoms with E-state index in [2.05, 4.69) is 20.8 Å². The number of morpholine rings is 1. The Labute approximate surface area is 183 Å². The van der Waals surface area contributed by atoms with Gasteiger partial charge in [-0.05, 0) is 42.5 Å². The Morgan fingerprint density at radius 2 is 1.90 bits per heavy atom. The number of nitrogens with zero attached hydrogens (tertiary/aromatic N) is 2. The average molecular weight is 475 g/mol. The van der Waals surface area contributed by atoms with Crippen LogP contribution in [0.4, 0.5) is 5.69 Å². The highest BCUT2D eigenvalue weighted by atomic mass is 79.9. The van der Waals surface area contributed by atoms with Gasteiger partial charge in [0.15, 0.2) is 11.4 Å². The Kier molecular flexibility index (Phi) is 5.92. The van der Waals surface area contributed by atoms with Crippen molar-refractivity contribution >= 4 is 33.3 Å². The number of Topliss-reactive ketones (excluding diaryl/α,β-unsaturated/α-hetero) is 1. The number of halogens is 1. The van der Waals surface area contributed by atoms with Crippen LogP contribution in [0.25, 0.3) is 0 Å². The predicted octanol–water partition coefficient (Wildman–Crippen LogP) is 2.55. The Morgan fingerprint density at radius 1 is 1.20 bits per heavy atom. The van der Waals surface area contributed by atoms with E-state index < -0.39 is 11.5 Å². The molecule has 2 aliphatic heterocycles. The fraction of sp³-hybridized carbons (Fsp3) is 0.364. The number of ether oxygens (including phenoxy) is 2. The van der Waals surface area contributed by atoms with Gasteiger partial charge in [-0.3, -0.25) is 19.4 Å². The average Bonchev–Trinajstić information content (AvgIpc) is 2.96. The molecule has 1 saturated heterocycles. The molecule has 2 aromatic carbocycles. The summed E-state index contributed by atoms with van der Waals surface area (Å²) < 4.78 is 11.2. The van der Waals surface area contributed by atoms with E-state index in [0.717, 1.165) is 4.47 Å². The number of anilines is 1. The summed E-state index contributed by atoms with van der Waals surface area (Å²) in [5.41, 5.74) is -0.431. The van der Waals surface area contributed by atoms with Gasteiger partial charge in [0, 0.05) is 28.7 Å². The molecule has 0 saturated carbocycles. The smallest absolute Gasteiger partial charge is 0.265 e. The van der Waals surface area contributed by atoms with Crippen molar-refractivity contribution in [3.05, 3.63) is 58.1 Å². The van der Waals surface area contributed by atoms with Crippen molar-refractivity contribution in [2.45, 2.75) is 12.0 Å². The third kappa shape index (κ3) is 3.88. The maximum Gasteiger partial charge on any atom is 0.265 e. The molecule has 1 fully saturated rings. The Balaban J connectivity index is 1.63. The second kappa shape index (κ2) is 8.47. The van der Waals surface area contributed by atoms with E-state index in [0.29, 0.717) is 55.5 Å². The largest absolute Gasteiger partial charge is 0.497 e. The molecule has 8 heteroatoms. The number of amides is 1. The Hall–Kier alpha value is -2.26. The molecule has 4 rings (SSSR count). The third-order valence-corrected chi connectivity index (χ3v) is 6.06. The maximum absolute atomic E-state index is 13.4. The van der Waals surface area contributed by atoms with E-state index in [1.54, 1.807) is 48.4 Å². The lowest BCUT2D eigenvalue weighted by atomic mass is 9.88. The van der Waals surface area contributed by atoms with Crippen LogP contribution in [-0.2, 0) is 15.1 Å². The minimum absolute atomic E-state index is 0.312. The van der Waals surface area contributed by atoms with Gasteiger partial charge >= 0.3 is 0 Å². The maximum atomic E-state index is 13.4. The summed E-state index contributed by atoms with van der Waals surface area (Å²) in [4.78, 5) is 30.0. The zero-order valence-electron chi connectivity index (χ0n) is 16.6. The molecule has 0 bridgehead atoms. The molecule has 1 atom stereocenters. The van der Waals surface area contributed by atoms with Gasteiger partial charge in [0.05, 0.1) is 39.1 Å². The fourth-order valence-corrected chi connectivity index (χ4v) is 4.25. The summed E-state index contributed by atoms with van der Waals surface area (Å²) >= 11 is 3.42. The van der Waals surface area contributed by atoms with Gasteiger partial charge in [0.1, 0.15) is 5.75 Å². The molecule has 1 amide bonds. The number of carbonyl (C=O) groups excluding carboxylic acids is 2. The van der Waals surface area contributed by atoms with Gasteiger partial charge in [-0.25, -0.2) is 0 Å². The summed E-state index contributed by atoms with van der Waals surface area (Å²) in [5.74, 6) is -0.162. The molecule has 0 radical (unpaired) electrons. The molecule has 1 N–H and O–H groups in total. The molecule has 158 valence electrons. The van der Waals surface area contributed by atoms with Gasteiger partial charge in [0.25, 0.3) is 5.91 Å². The van der Waals surface area contributed by atoms with E-state index in [4.69, 9.17) is 9.47 Å². The first-order chi connectivity index (χ1) is 14.4. The summed E-state index contributed by atoms with van der Waals surface area (Å²) in [6.45, 7) is 2.97. The summed E-state index contributed by atoms with van der Waals surface area (Å²) in [7, 11) is 1.55. The number of hydrogen-bond donors (Lipinski definition) is 1. The van der Waals surface area contributed by atoms with Gasteiger partial charge in [-0.1, -0.05) is 15.9 Å². The molecule has 0 spiro atoms. The van der Waals surface area contributed by atoms with Crippen molar-refractivity contribution in [1.82, 2.24) is 4.90 Å². The first kappa shape index (κ1) is 21.0. The highest BCUT2D eigenvalue weighted by Gasteiger charge is 2.51. The van der Waals surface area contributed by atoms with Gasteiger partial charge in [-0.2, -0.15) is 0 Å². The molecule has 0 unspecified atom stereocenters. The monoisotopic (exact) mass is 474 g/mol. The van der Waals surface area contributed by atoms with Gasteiger partial charge in [0.2, 0.25) is 0 Å². The van der Waals surface area contributed by atoms with E-state index in [-0.39, 0.29) is 12.2 Å². The van der Waals surface area contributed by atoms with E-state index in [1.165, 1.54) is 0 Å². The SMILES string of the molecule is COc1ccc(C(=O)C[C@]2(O)C(=O)N(CN3CCOCC3)c3ccc(Br)cc32)cc1. The van der Waals surface area contributed by atoms with Crippen molar-refractivity contribution in [3.8, 4) is 5.75 Å². The number of fused-ring (bicyclic) bond motifs is 1. The predicted molar refractivity (Wildman–Crippen MR) is 115 cm³/mol. The second-order valence-corrected chi connectivity index (χ2v) is 8.37. The van der Waals surface area contributed by atoms with Crippen molar-refractivity contribution in [2.24, 2.45) is 0 Å². The number of benzene rings is 2. The number of aliphatic hydroxyl groups is 1. The molecule has 2 heterocycles. The quantitative estimate of drug-likeness (QED) is 0.648. The summed E-state index contributed by atoms with van der Waals surface area (Å²) in [5, 5.41) is 11.5. The van der Waals surface area contributed by atoms with Crippen LogP contribution >= 0.6 is 15.9 Å². The summed E-state index contributed by atoms with van der Waals surface area (Å²) in [6, 6.07) is 12.0. The lowest BCUT2D eigenvalue weighted by molar-refractivity contribution is -0.136. The molecule has 2 aliphatic rings. The topological polar surface area (TPSA) is 79.3 Å². The highest BCUT2D eigenvalue weighted by Crippen LogP contribution is 2.44. The Bertz CT molecular complexity index is 959. The fourth-order valence-electron chi connectivity index (χ4n) is 3.89. The van der Waals surface area contributed by atoms with Crippen LogP contribution in [-0.4, -0.2) is 61.8 Å². The highest BCUT2D eigenvalue weighted by molar-refractivity contribution is 9.10. The zero-order chi connectivity index (χ0) is 21.3. The normalized spacial score (nSPS) is 21.6.